The number of carbonyl (C=O) groups excluding carboxylic acids is 1. The number of rotatable bonds is 1. The molecule has 2 heteroatoms. The van der Waals surface area contributed by atoms with Crippen LogP contribution in [0.5, 0.6) is 0 Å². The molecule has 0 aromatic carbocycles. The molecule has 140 valence electrons. The van der Waals surface area contributed by atoms with E-state index in [1.165, 1.54) is 51.4 Å². The molecule has 2 nitrogen and oxygen atoms in total. The van der Waals surface area contributed by atoms with Gasteiger partial charge < -0.3 is 4.74 Å². The van der Waals surface area contributed by atoms with Crippen molar-refractivity contribution in [2.24, 2.45) is 28.6 Å². The summed E-state index contributed by atoms with van der Waals surface area (Å²) in [7, 11) is 0. The SMILES string of the molecule is CC[C@]12CCC3C4=C(CC(=O)CC4)C4(CC4)CC3C1CC[C@@]21C=CCO1. The number of ether oxygens (including phenoxy) is 1. The molecule has 26 heavy (non-hydrogen) atoms. The highest BCUT2D eigenvalue weighted by Gasteiger charge is 2.66. The van der Waals surface area contributed by atoms with Gasteiger partial charge in [-0.2, -0.15) is 0 Å². The van der Waals surface area contributed by atoms with Gasteiger partial charge in [0.1, 0.15) is 5.78 Å². The number of hydrogen-bond donors (Lipinski definition) is 0. The van der Waals surface area contributed by atoms with E-state index in [9.17, 15) is 4.79 Å². The number of fused-ring (bicyclic) bond motifs is 6. The first-order chi connectivity index (χ1) is 12.6. The first-order valence-corrected chi connectivity index (χ1v) is 11.2. The molecule has 0 aromatic heterocycles. The van der Waals surface area contributed by atoms with Crippen LogP contribution in [0.15, 0.2) is 23.3 Å². The lowest BCUT2D eigenvalue weighted by Crippen LogP contribution is -2.53. The Balaban J connectivity index is 1.42. The van der Waals surface area contributed by atoms with Crippen LogP contribution < -0.4 is 0 Å². The van der Waals surface area contributed by atoms with Crippen molar-refractivity contribution in [3.63, 3.8) is 0 Å². The molecule has 6 rings (SSSR count). The monoisotopic (exact) mass is 352 g/mol. The molecule has 0 amide bonds. The number of carbonyl (C=O) groups is 1. The van der Waals surface area contributed by atoms with Crippen LogP contribution in [-0.4, -0.2) is 18.0 Å². The minimum Gasteiger partial charge on any atom is -0.366 e. The summed E-state index contributed by atoms with van der Waals surface area (Å²) in [6, 6.07) is 0. The Kier molecular flexibility index (Phi) is 3.18. The van der Waals surface area contributed by atoms with Crippen LogP contribution in [0.4, 0.5) is 0 Å². The van der Waals surface area contributed by atoms with E-state index < -0.39 is 0 Å². The molecule has 0 radical (unpaired) electrons. The normalized spacial score (nSPS) is 48.0. The van der Waals surface area contributed by atoms with E-state index in [2.05, 4.69) is 19.1 Å². The highest BCUT2D eigenvalue weighted by Crippen LogP contribution is 2.72. The predicted octanol–water partition coefficient (Wildman–Crippen LogP) is 5.38. The zero-order valence-electron chi connectivity index (χ0n) is 16.2. The Labute approximate surface area is 157 Å². The van der Waals surface area contributed by atoms with Gasteiger partial charge in [-0.25, -0.2) is 0 Å². The van der Waals surface area contributed by atoms with E-state index in [1.807, 2.05) is 0 Å². The quantitative estimate of drug-likeness (QED) is 0.592. The van der Waals surface area contributed by atoms with Crippen molar-refractivity contribution >= 4 is 5.78 Å². The predicted molar refractivity (Wildman–Crippen MR) is 102 cm³/mol. The van der Waals surface area contributed by atoms with Gasteiger partial charge in [0.15, 0.2) is 0 Å². The van der Waals surface area contributed by atoms with Gasteiger partial charge in [0.25, 0.3) is 0 Å². The number of hydrogen-bond acceptors (Lipinski definition) is 2. The number of Topliss-reactive ketones (excluding diaryl/α,β-unsaturated/α-hetero) is 1. The molecule has 3 unspecified atom stereocenters. The van der Waals surface area contributed by atoms with E-state index in [0.29, 0.717) is 16.6 Å². The summed E-state index contributed by atoms with van der Waals surface area (Å²) in [6.07, 6.45) is 18.1. The molecule has 0 bridgehead atoms. The second kappa shape index (κ2) is 5.13. The molecule has 5 atom stereocenters. The molecule has 3 fully saturated rings. The fourth-order valence-corrected chi connectivity index (χ4v) is 8.53. The second-order valence-electron chi connectivity index (χ2n) is 10.3. The van der Waals surface area contributed by atoms with E-state index in [0.717, 1.165) is 43.6 Å². The maximum Gasteiger partial charge on any atom is 0.137 e. The summed E-state index contributed by atoms with van der Waals surface area (Å²) in [5.41, 5.74) is 4.28. The highest BCUT2D eigenvalue weighted by molar-refractivity contribution is 5.83. The van der Waals surface area contributed by atoms with Gasteiger partial charge in [-0.1, -0.05) is 30.2 Å². The standard InChI is InChI=1S/C24H32O2/c1-2-23-9-6-17-18-5-4-16(25)14-21(18)22(11-12-22)15-19(17)20(23)7-10-24(23)8-3-13-26-24/h3,8,17,19-20H,2,4-7,9-15H2,1H3/t17?,19?,20?,23-,24-/m0/s1. The fraction of sp³-hybridized carbons (Fsp3) is 0.792. The topological polar surface area (TPSA) is 26.3 Å². The molecule has 5 aliphatic carbocycles. The Hall–Kier alpha value is -0.890. The molecule has 3 saturated carbocycles. The third-order valence-electron chi connectivity index (χ3n) is 9.77. The van der Waals surface area contributed by atoms with Gasteiger partial charge in [-0.05, 0) is 81.0 Å². The minimum atomic E-state index is 0.0469. The maximum absolute atomic E-state index is 12.2. The van der Waals surface area contributed by atoms with Crippen LogP contribution in [0.3, 0.4) is 0 Å². The van der Waals surface area contributed by atoms with Crippen LogP contribution in [0.25, 0.3) is 0 Å². The molecule has 0 N–H and O–H groups in total. The number of ketones is 1. The summed E-state index contributed by atoms with van der Waals surface area (Å²) in [5.74, 6) is 2.99. The van der Waals surface area contributed by atoms with Crippen LogP contribution in [0.1, 0.15) is 77.6 Å². The molecule has 2 spiro atoms. The summed E-state index contributed by atoms with van der Waals surface area (Å²) >= 11 is 0. The Bertz CT molecular complexity index is 726. The smallest absolute Gasteiger partial charge is 0.137 e. The van der Waals surface area contributed by atoms with Gasteiger partial charge in [0.2, 0.25) is 0 Å². The largest absolute Gasteiger partial charge is 0.366 e. The van der Waals surface area contributed by atoms with Crippen molar-refractivity contribution in [3.8, 4) is 0 Å². The van der Waals surface area contributed by atoms with Gasteiger partial charge in [-0.15, -0.1) is 0 Å². The van der Waals surface area contributed by atoms with Crippen molar-refractivity contribution in [2.75, 3.05) is 6.61 Å². The van der Waals surface area contributed by atoms with Crippen LogP contribution in [0, 0.1) is 28.6 Å². The highest BCUT2D eigenvalue weighted by atomic mass is 16.5. The average molecular weight is 353 g/mol. The van der Waals surface area contributed by atoms with E-state index in [-0.39, 0.29) is 5.60 Å². The number of allylic oxidation sites excluding steroid dienone is 2. The van der Waals surface area contributed by atoms with E-state index >= 15 is 0 Å². The Morgan fingerprint density at radius 1 is 1.15 bits per heavy atom. The molecular formula is C24H32O2. The summed E-state index contributed by atoms with van der Waals surface area (Å²) in [5, 5.41) is 0. The lowest BCUT2D eigenvalue weighted by molar-refractivity contribution is -0.121. The lowest BCUT2D eigenvalue weighted by Gasteiger charge is -2.56. The average Bonchev–Trinajstić information content (AvgIpc) is 3.13. The third-order valence-corrected chi connectivity index (χ3v) is 9.77. The second-order valence-corrected chi connectivity index (χ2v) is 10.3. The molecule has 6 aliphatic rings. The zero-order valence-corrected chi connectivity index (χ0v) is 16.2. The van der Waals surface area contributed by atoms with Gasteiger partial charge in [-0.3, -0.25) is 4.79 Å². The van der Waals surface area contributed by atoms with E-state index in [4.69, 9.17) is 4.74 Å². The third kappa shape index (κ3) is 1.81. The van der Waals surface area contributed by atoms with Gasteiger partial charge in [0, 0.05) is 18.3 Å². The van der Waals surface area contributed by atoms with Crippen molar-refractivity contribution in [1.82, 2.24) is 0 Å². The zero-order chi connectivity index (χ0) is 17.6. The van der Waals surface area contributed by atoms with Gasteiger partial charge >= 0.3 is 0 Å². The van der Waals surface area contributed by atoms with Crippen molar-refractivity contribution in [2.45, 2.75) is 83.2 Å². The van der Waals surface area contributed by atoms with Crippen molar-refractivity contribution < 1.29 is 9.53 Å². The van der Waals surface area contributed by atoms with Gasteiger partial charge in [0.05, 0.1) is 12.2 Å². The van der Waals surface area contributed by atoms with E-state index in [1.54, 1.807) is 11.1 Å². The molecule has 0 saturated heterocycles. The summed E-state index contributed by atoms with van der Waals surface area (Å²) in [4.78, 5) is 12.2. The van der Waals surface area contributed by atoms with Crippen molar-refractivity contribution in [3.05, 3.63) is 23.3 Å². The lowest BCUT2D eigenvalue weighted by atomic mass is 9.49. The van der Waals surface area contributed by atoms with Crippen molar-refractivity contribution in [1.29, 1.82) is 0 Å². The first kappa shape index (κ1) is 16.1. The minimum absolute atomic E-state index is 0.0469. The molecular weight excluding hydrogens is 320 g/mol. The van der Waals surface area contributed by atoms with Crippen LogP contribution >= 0.6 is 0 Å². The van der Waals surface area contributed by atoms with Crippen LogP contribution in [-0.2, 0) is 9.53 Å². The molecule has 1 aliphatic heterocycles. The maximum atomic E-state index is 12.2. The summed E-state index contributed by atoms with van der Waals surface area (Å²) < 4.78 is 6.47. The Morgan fingerprint density at radius 2 is 2.04 bits per heavy atom. The Morgan fingerprint density at radius 3 is 2.77 bits per heavy atom. The fourth-order valence-electron chi connectivity index (χ4n) is 8.53. The molecule has 1 heterocycles. The summed E-state index contributed by atoms with van der Waals surface area (Å²) in [6.45, 7) is 3.25. The molecule has 0 aromatic rings. The first-order valence-electron chi connectivity index (χ1n) is 11.2. The van der Waals surface area contributed by atoms with Crippen LogP contribution in [0.2, 0.25) is 0 Å².